The maximum absolute atomic E-state index is 14.2. The first-order valence-electron chi connectivity index (χ1n) is 7.16. The number of hydrogen-bond donors (Lipinski definition) is 1. The van der Waals surface area contributed by atoms with E-state index in [-0.39, 0.29) is 0 Å². The molecular formula is C14H5F13O4. The molecule has 0 radical (unpaired) electrons. The molecule has 1 rings (SSSR count). The lowest BCUT2D eigenvalue weighted by Gasteiger charge is -2.31. The zero-order chi connectivity index (χ0) is 24.6. The smallest absolute Gasteiger partial charge is 0.422 e. The Morgan fingerprint density at radius 2 is 1.13 bits per heavy atom. The summed E-state index contributed by atoms with van der Waals surface area (Å²) in [4.78, 5) is 23.2. The number of carbonyl (C=O) groups is 2. The third-order valence-electron chi connectivity index (χ3n) is 3.65. The molecule has 1 aromatic carbocycles. The highest BCUT2D eigenvalue weighted by molar-refractivity contribution is 6.06. The second-order valence-electron chi connectivity index (χ2n) is 5.44. The summed E-state index contributed by atoms with van der Waals surface area (Å²) < 4.78 is 174. The molecule has 0 heterocycles. The normalized spacial score (nSPS) is 16.2. The van der Waals surface area contributed by atoms with Gasteiger partial charge >= 0.3 is 30.9 Å². The summed E-state index contributed by atoms with van der Waals surface area (Å²) in [6.07, 6.45) is -24.4. The van der Waals surface area contributed by atoms with Crippen molar-refractivity contribution in [2.45, 2.75) is 37.0 Å². The molecule has 176 valence electrons. The summed E-state index contributed by atoms with van der Waals surface area (Å²) in [5.74, 6) is -21.0. The van der Waals surface area contributed by atoms with Gasteiger partial charge in [-0.3, -0.25) is 9.59 Å². The van der Waals surface area contributed by atoms with E-state index < -0.39 is 83.3 Å². The summed E-state index contributed by atoms with van der Waals surface area (Å²) in [6, 6.07) is 0. The van der Waals surface area contributed by atoms with E-state index in [0.717, 1.165) is 0 Å². The Hall–Kier alpha value is -2.75. The Balaban J connectivity index is 4.12. The van der Waals surface area contributed by atoms with Gasteiger partial charge in [-0.05, 0) is 0 Å². The van der Waals surface area contributed by atoms with Crippen LogP contribution in [0.2, 0.25) is 0 Å². The fourth-order valence-corrected chi connectivity index (χ4v) is 2.33. The summed E-state index contributed by atoms with van der Waals surface area (Å²) in [5.41, 5.74) is -12.0. The van der Waals surface area contributed by atoms with Crippen LogP contribution in [0.5, 0.6) is 0 Å². The Bertz CT molecular complexity index is 840. The molecule has 3 unspecified atom stereocenters. The number of hydrogen-bond acceptors (Lipinski definition) is 3. The molecule has 31 heavy (non-hydrogen) atoms. The molecule has 0 aliphatic heterocycles. The first-order chi connectivity index (χ1) is 13.9. The molecule has 0 aliphatic rings. The van der Waals surface area contributed by atoms with Crippen LogP contribution in [-0.2, 0) is 25.9 Å². The van der Waals surface area contributed by atoms with Gasteiger partial charge in [0.15, 0.2) is 29.4 Å². The van der Waals surface area contributed by atoms with Crippen LogP contribution >= 0.6 is 0 Å². The first kappa shape index (κ1) is 26.3. The van der Waals surface area contributed by atoms with Crippen LogP contribution in [0.25, 0.3) is 0 Å². The maximum Gasteiger partial charge on any atom is 0.422 e. The number of benzene rings is 1. The molecule has 0 saturated heterocycles. The summed E-state index contributed by atoms with van der Waals surface area (Å²) in [6.45, 7) is 0. The molecule has 0 spiro atoms. The van der Waals surface area contributed by atoms with E-state index in [9.17, 15) is 66.7 Å². The number of carbonyl (C=O) groups excluding carboxylic acids is 1. The molecule has 1 N–H and O–H groups in total. The highest BCUT2D eigenvalue weighted by atomic mass is 19.4. The van der Waals surface area contributed by atoms with Gasteiger partial charge in [-0.1, -0.05) is 0 Å². The summed E-state index contributed by atoms with van der Waals surface area (Å²) in [5, 5.41) is 8.99. The maximum atomic E-state index is 14.2. The van der Waals surface area contributed by atoms with Crippen molar-refractivity contribution in [3.8, 4) is 0 Å². The summed E-state index contributed by atoms with van der Waals surface area (Å²) >= 11 is 0. The Morgan fingerprint density at radius 3 is 1.42 bits per heavy atom. The molecule has 0 aliphatic carbocycles. The number of rotatable bonds is 7. The van der Waals surface area contributed by atoms with Gasteiger partial charge in [-0.25, -0.2) is 39.5 Å². The third-order valence-corrected chi connectivity index (χ3v) is 3.65. The lowest BCUT2D eigenvalue weighted by molar-refractivity contribution is -0.191. The quantitative estimate of drug-likeness (QED) is 0.272. The molecule has 0 aromatic heterocycles. The predicted octanol–water partition coefficient (Wildman–Crippen LogP) is 4.29. The Labute approximate surface area is 161 Å². The second-order valence-corrected chi connectivity index (χ2v) is 5.44. The number of halogens is 13. The minimum absolute atomic E-state index is 3.04. The molecule has 0 saturated carbocycles. The van der Waals surface area contributed by atoms with Gasteiger partial charge in [0.2, 0.25) is 5.41 Å². The van der Waals surface area contributed by atoms with Gasteiger partial charge in [0, 0.05) is 0 Å². The number of carboxylic acid groups (broad SMARTS) is 1. The van der Waals surface area contributed by atoms with Gasteiger partial charge < -0.3 is 9.84 Å². The fourth-order valence-electron chi connectivity index (χ4n) is 2.33. The van der Waals surface area contributed by atoms with Crippen LogP contribution in [-0.4, -0.2) is 42.4 Å². The fraction of sp³-hybridized carbons (Fsp3) is 0.429. The highest BCUT2D eigenvalue weighted by Crippen LogP contribution is 2.44. The van der Waals surface area contributed by atoms with Crippen molar-refractivity contribution in [1.82, 2.24) is 0 Å². The van der Waals surface area contributed by atoms with Crippen molar-refractivity contribution in [1.29, 1.82) is 0 Å². The Morgan fingerprint density at radius 1 is 0.742 bits per heavy atom. The summed E-state index contributed by atoms with van der Waals surface area (Å²) in [7, 11) is 0. The average Bonchev–Trinajstić information content (AvgIpc) is 2.61. The number of aliphatic carboxylic acids is 1. The second kappa shape index (κ2) is 8.78. The lowest BCUT2D eigenvalue weighted by Crippen LogP contribution is -2.57. The number of ether oxygens (including phenoxy) is 1. The largest absolute Gasteiger partial charge is 0.480 e. The van der Waals surface area contributed by atoms with Gasteiger partial charge in [-0.2, -0.15) is 17.6 Å². The van der Waals surface area contributed by atoms with Crippen LogP contribution in [0.3, 0.4) is 0 Å². The first-order valence-corrected chi connectivity index (χ1v) is 7.16. The molecule has 1 aromatic rings. The average molecular weight is 484 g/mol. The third kappa shape index (κ3) is 4.34. The number of carboxylic acids is 1. The standard InChI is InChI=1S/C14H5F13O4/c15-3-1(4(16)6(18)2(5(3)17)14(25,26)27)13(11(28)29,7(19)8(20)21)12(30)31-10(24)9(22)23/h7-10H,(H,28,29). The van der Waals surface area contributed by atoms with Gasteiger partial charge in [-0.15, -0.1) is 0 Å². The van der Waals surface area contributed by atoms with E-state index in [0.29, 0.717) is 0 Å². The molecular weight excluding hydrogens is 479 g/mol. The van der Waals surface area contributed by atoms with E-state index in [4.69, 9.17) is 5.11 Å². The zero-order valence-electron chi connectivity index (χ0n) is 13.9. The molecule has 0 amide bonds. The topological polar surface area (TPSA) is 63.6 Å². The van der Waals surface area contributed by atoms with Crippen molar-refractivity contribution in [2.24, 2.45) is 0 Å². The van der Waals surface area contributed by atoms with Gasteiger partial charge in [0.25, 0.3) is 6.43 Å². The van der Waals surface area contributed by atoms with Crippen molar-refractivity contribution < 1.29 is 76.5 Å². The Kier molecular flexibility index (Phi) is 7.44. The zero-order valence-corrected chi connectivity index (χ0v) is 13.9. The molecule has 3 atom stereocenters. The molecule has 4 nitrogen and oxygen atoms in total. The number of alkyl halides is 9. The van der Waals surface area contributed by atoms with Crippen LogP contribution in [0.15, 0.2) is 0 Å². The van der Waals surface area contributed by atoms with E-state index in [1.165, 1.54) is 0 Å². The number of esters is 1. The minimum Gasteiger partial charge on any atom is -0.480 e. The van der Waals surface area contributed by atoms with E-state index in [1.54, 1.807) is 0 Å². The predicted molar refractivity (Wildman–Crippen MR) is 68.5 cm³/mol. The van der Waals surface area contributed by atoms with E-state index in [1.807, 2.05) is 0 Å². The van der Waals surface area contributed by atoms with Crippen LogP contribution in [0.1, 0.15) is 11.1 Å². The minimum atomic E-state index is -6.22. The van der Waals surface area contributed by atoms with Crippen LogP contribution in [0, 0.1) is 23.3 Å². The lowest BCUT2D eigenvalue weighted by atomic mass is 9.75. The molecule has 0 bridgehead atoms. The van der Waals surface area contributed by atoms with Crippen LogP contribution < -0.4 is 0 Å². The van der Waals surface area contributed by atoms with E-state index in [2.05, 4.69) is 4.74 Å². The van der Waals surface area contributed by atoms with Crippen molar-refractivity contribution in [2.75, 3.05) is 0 Å². The van der Waals surface area contributed by atoms with Crippen LogP contribution in [0.4, 0.5) is 57.1 Å². The van der Waals surface area contributed by atoms with Crippen molar-refractivity contribution in [3.05, 3.63) is 34.4 Å². The molecule has 17 heteroatoms. The van der Waals surface area contributed by atoms with Gasteiger partial charge in [0.05, 0.1) is 5.56 Å². The monoisotopic (exact) mass is 484 g/mol. The van der Waals surface area contributed by atoms with Gasteiger partial charge in [0.1, 0.15) is 5.56 Å². The van der Waals surface area contributed by atoms with Crippen molar-refractivity contribution in [3.63, 3.8) is 0 Å². The van der Waals surface area contributed by atoms with Crippen molar-refractivity contribution >= 4 is 11.9 Å². The SMILES string of the molecule is O=C(O)C(C(=O)OC(F)C(F)F)(c1c(F)c(F)c(C(F)(F)F)c(F)c1F)C(F)C(F)F. The molecule has 0 fully saturated rings. The van der Waals surface area contributed by atoms with E-state index >= 15 is 0 Å². The highest BCUT2D eigenvalue weighted by Gasteiger charge is 2.64.